The fraction of sp³-hybridized carbons (Fsp3) is 0.222. The van der Waals surface area contributed by atoms with Crippen molar-refractivity contribution in [3.63, 3.8) is 0 Å². The number of rotatable bonds is 4. The lowest BCUT2D eigenvalue weighted by Gasteiger charge is -2.12. The monoisotopic (exact) mass is 295 g/mol. The number of hydrogen-bond donors (Lipinski definition) is 0. The molecule has 0 bridgehead atoms. The molecule has 22 heavy (non-hydrogen) atoms. The molecule has 4 nitrogen and oxygen atoms in total. The third kappa shape index (κ3) is 1.91. The van der Waals surface area contributed by atoms with E-state index in [9.17, 15) is 9.59 Å². The number of anilines is 1. The molecule has 2 aromatic rings. The van der Waals surface area contributed by atoms with Gasteiger partial charge in [0, 0.05) is 5.69 Å². The minimum atomic E-state index is -1.27. The second-order valence-electron chi connectivity index (χ2n) is 5.33. The Balaban J connectivity index is 2.13. The average Bonchev–Trinajstić information content (AvgIpc) is 3.27. The zero-order chi connectivity index (χ0) is 15.7. The van der Waals surface area contributed by atoms with Crippen LogP contribution in [-0.4, -0.2) is 24.4 Å². The van der Waals surface area contributed by atoms with Gasteiger partial charge in [0.2, 0.25) is 5.54 Å². The van der Waals surface area contributed by atoms with Crippen LogP contribution in [-0.2, 0) is 14.3 Å². The second kappa shape index (κ2) is 5.30. The number of ether oxygens (including phenoxy) is 1. The first-order chi connectivity index (χ1) is 10.6. The van der Waals surface area contributed by atoms with Gasteiger partial charge in [-0.25, -0.2) is 4.79 Å². The number of carbonyl (C=O) groups excluding carboxylic acids is 2. The summed E-state index contributed by atoms with van der Waals surface area (Å²) >= 11 is 0. The number of nitrogens with zero attached hydrogens (tertiary/aromatic N) is 1. The highest BCUT2D eigenvalue weighted by Gasteiger charge is 2.73. The SMILES string of the molecule is COC(=O)[C@@]1(C(C)=O)[C@@H](c2ccccc2)N1c1ccccc1. The summed E-state index contributed by atoms with van der Waals surface area (Å²) in [5, 5.41) is 0. The molecule has 1 aliphatic heterocycles. The van der Waals surface area contributed by atoms with Crippen molar-refractivity contribution < 1.29 is 14.3 Å². The Morgan fingerprint density at radius 2 is 1.55 bits per heavy atom. The maximum Gasteiger partial charge on any atom is 0.342 e. The highest BCUT2D eigenvalue weighted by atomic mass is 16.5. The number of ketones is 1. The normalized spacial score (nSPS) is 23.0. The molecule has 0 N–H and O–H groups in total. The summed E-state index contributed by atoms with van der Waals surface area (Å²) in [6, 6.07) is 18.7. The van der Waals surface area contributed by atoms with Gasteiger partial charge in [-0.05, 0) is 24.6 Å². The third-order valence-electron chi connectivity index (χ3n) is 4.15. The second-order valence-corrected chi connectivity index (χ2v) is 5.33. The number of para-hydroxylation sites is 1. The van der Waals surface area contributed by atoms with E-state index in [0.717, 1.165) is 11.3 Å². The molecule has 1 saturated heterocycles. The van der Waals surface area contributed by atoms with Gasteiger partial charge in [-0.1, -0.05) is 48.5 Å². The van der Waals surface area contributed by atoms with E-state index in [1.54, 1.807) is 0 Å². The van der Waals surface area contributed by atoms with Crippen LogP contribution in [0.1, 0.15) is 18.5 Å². The maximum atomic E-state index is 12.4. The Bertz CT molecular complexity index is 651. The van der Waals surface area contributed by atoms with Crippen molar-refractivity contribution in [1.29, 1.82) is 0 Å². The van der Waals surface area contributed by atoms with Gasteiger partial charge >= 0.3 is 5.97 Å². The van der Waals surface area contributed by atoms with Gasteiger partial charge in [0.1, 0.15) is 0 Å². The Labute approximate surface area is 129 Å². The first-order valence-electron chi connectivity index (χ1n) is 7.12. The molecular formula is C18H17NO3. The van der Waals surface area contributed by atoms with Crippen LogP contribution in [0.3, 0.4) is 0 Å². The van der Waals surface area contributed by atoms with Gasteiger partial charge in [0.05, 0.1) is 13.2 Å². The van der Waals surface area contributed by atoms with E-state index < -0.39 is 11.5 Å². The predicted octanol–water partition coefficient (Wildman–Crippen LogP) is 2.75. The first kappa shape index (κ1) is 14.3. The number of Topliss-reactive ketones (excluding diaryl/α,β-unsaturated/α-hetero) is 1. The Morgan fingerprint density at radius 1 is 1.00 bits per heavy atom. The predicted molar refractivity (Wildman–Crippen MR) is 83.5 cm³/mol. The van der Waals surface area contributed by atoms with Crippen LogP contribution < -0.4 is 4.90 Å². The average molecular weight is 295 g/mol. The molecule has 1 fully saturated rings. The van der Waals surface area contributed by atoms with Crippen LogP contribution in [0.4, 0.5) is 5.69 Å². The van der Waals surface area contributed by atoms with E-state index in [4.69, 9.17) is 4.74 Å². The molecule has 0 saturated carbocycles. The summed E-state index contributed by atoms with van der Waals surface area (Å²) in [4.78, 5) is 26.6. The molecule has 3 rings (SSSR count). The largest absolute Gasteiger partial charge is 0.467 e. The Morgan fingerprint density at radius 3 is 2.05 bits per heavy atom. The van der Waals surface area contributed by atoms with Crippen molar-refractivity contribution in [3.8, 4) is 0 Å². The molecule has 0 amide bonds. The fourth-order valence-electron chi connectivity index (χ4n) is 3.13. The summed E-state index contributed by atoms with van der Waals surface area (Å²) in [7, 11) is 1.32. The summed E-state index contributed by atoms with van der Waals surface area (Å²) in [5.74, 6) is -0.727. The van der Waals surface area contributed by atoms with Gasteiger partial charge in [0.15, 0.2) is 5.78 Å². The fourth-order valence-corrected chi connectivity index (χ4v) is 3.13. The molecule has 0 radical (unpaired) electrons. The first-order valence-corrected chi connectivity index (χ1v) is 7.12. The van der Waals surface area contributed by atoms with Gasteiger partial charge in [0.25, 0.3) is 0 Å². The molecule has 4 heteroatoms. The molecule has 2 atom stereocenters. The molecule has 0 unspecified atom stereocenters. The topological polar surface area (TPSA) is 46.4 Å². The van der Waals surface area contributed by atoms with E-state index in [2.05, 4.69) is 0 Å². The van der Waals surface area contributed by atoms with Crippen molar-refractivity contribution in [2.24, 2.45) is 0 Å². The van der Waals surface area contributed by atoms with Gasteiger partial charge in [-0.2, -0.15) is 0 Å². The van der Waals surface area contributed by atoms with E-state index >= 15 is 0 Å². The van der Waals surface area contributed by atoms with Crippen LogP contribution >= 0.6 is 0 Å². The molecule has 0 spiro atoms. The molecular weight excluding hydrogens is 278 g/mol. The third-order valence-corrected chi connectivity index (χ3v) is 4.15. The van der Waals surface area contributed by atoms with E-state index in [1.807, 2.05) is 65.6 Å². The highest BCUT2D eigenvalue weighted by Crippen LogP contribution is 2.57. The van der Waals surface area contributed by atoms with Crippen LogP contribution in [0.5, 0.6) is 0 Å². The van der Waals surface area contributed by atoms with Crippen LogP contribution in [0.25, 0.3) is 0 Å². The van der Waals surface area contributed by atoms with E-state index in [-0.39, 0.29) is 11.8 Å². The van der Waals surface area contributed by atoms with E-state index in [0.29, 0.717) is 0 Å². The minimum absolute atomic E-state index is 0.211. The molecule has 112 valence electrons. The lowest BCUT2D eigenvalue weighted by atomic mass is 9.96. The zero-order valence-electron chi connectivity index (χ0n) is 12.5. The van der Waals surface area contributed by atoms with Gasteiger partial charge in [-0.15, -0.1) is 0 Å². The summed E-state index contributed by atoms with van der Waals surface area (Å²) in [5.41, 5.74) is 0.487. The summed E-state index contributed by atoms with van der Waals surface area (Å²) in [6.07, 6.45) is 0. The van der Waals surface area contributed by atoms with Gasteiger partial charge < -0.3 is 9.64 Å². The molecule has 2 aromatic carbocycles. The number of carbonyl (C=O) groups is 2. The van der Waals surface area contributed by atoms with Crippen molar-refractivity contribution in [2.75, 3.05) is 12.0 Å². The van der Waals surface area contributed by atoms with Gasteiger partial charge in [-0.3, -0.25) is 4.79 Å². The van der Waals surface area contributed by atoms with Crippen molar-refractivity contribution >= 4 is 17.4 Å². The lowest BCUT2D eigenvalue weighted by Crippen LogP contribution is -2.38. The number of esters is 1. The minimum Gasteiger partial charge on any atom is -0.467 e. The lowest BCUT2D eigenvalue weighted by molar-refractivity contribution is -0.146. The highest BCUT2D eigenvalue weighted by molar-refractivity contribution is 6.17. The number of methoxy groups -OCH3 is 1. The Hall–Kier alpha value is -2.62. The Kier molecular flexibility index (Phi) is 3.45. The summed E-state index contributed by atoms with van der Waals surface area (Å²) in [6.45, 7) is 1.44. The van der Waals surface area contributed by atoms with Crippen molar-refractivity contribution in [3.05, 3.63) is 66.2 Å². The van der Waals surface area contributed by atoms with Crippen molar-refractivity contribution in [2.45, 2.75) is 18.5 Å². The molecule has 1 aliphatic rings. The number of hydrogen-bond acceptors (Lipinski definition) is 4. The maximum absolute atomic E-state index is 12.4. The van der Waals surface area contributed by atoms with Crippen molar-refractivity contribution in [1.82, 2.24) is 0 Å². The van der Waals surface area contributed by atoms with Crippen LogP contribution in [0, 0.1) is 0 Å². The van der Waals surface area contributed by atoms with E-state index in [1.165, 1.54) is 14.0 Å². The van der Waals surface area contributed by atoms with Crippen LogP contribution in [0.15, 0.2) is 60.7 Å². The molecule has 1 heterocycles. The zero-order valence-corrected chi connectivity index (χ0v) is 12.5. The standard InChI is InChI=1S/C18H17NO3/c1-13(20)18(17(21)22-2)16(14-9-5-3-6-10-14)19(18)15-11-7-4-8-12-15/h3-12,16H,1-2H3/t16-,18-,19?/m1/s1. The molecule has 0 aliphatic carbocycles. The number of benzene rings is 2. The smallest absolute Gasteiger partial charge is 0.342 e. The van der Waals surface area contributed by atoms with Crippen LogP contribution in [0.2, 0.25) is 0 Å². The summed E-state index contributed by atoms with van der Waals surface area (Å²) < 4.78 is 4.94. The quantitative estimate of drug-likeness (QED) is 0.494. The molecule has 0 aromatic heterocycles.